The maximum absolute atomic E-state index is 11.9. The average Bonchev–Trinajstić information content (AvgIpc) is 3.53. The molecule has 3 heterocycles. The number of carbonyl (C=O) groups is 1. The van der Waals surface area contributed by atoms with Gasteiger partial charge >= 0.3 is 5.97 Å². The van der Waals surface area contributed by atoms with Gasteiger partial charge < -0.3 is 15.0 Å². The Morgan fingerprint density at radius 2 is 1.81 bits per heavy atom. The first kappa shape index (κ1) is 23.6. The molecule has 3 aromatic heterocycles. The number of anilines is 1. The minimum atomic E-state index is -0.643. The lowest BCUT2D eigenvalue weighted by Gasteiger charge is -2.25. The first-order valence-corrected chi connectivity index (χ1v) is 11.4. The molecule has 0 radical (unpaired) electrons. The fourth-order valence-corrected chi connectivity index (χ4v) is 4.16. The van der Waals surface area contributed by atoms with Gasteiger partial charge in [0.15, 0.2) is 0 Å². The summed E-state index contributed by atoms with van der Waals surface area (Å²) in [5, 5.41) is 13.9. The monoisotopic (exact) mass is 493 g/mol. The Kier molecular flexibility index (Phi) is 5.64. The van der Waals surface area contributed by atoms with E-state index in [0.29, 0.717) is 22.6 Å². The highest BCUT2D eigenvalue weighted by Gasteiger charge is 2.25. The van der Waals surface area contributed by atoms with E-state index in [9.17, 15) is 10.1 Å². The number of fused-ring (bicyclic) bond motifs is 1. The molecule has 11 heteroatoms. The second-order valence-corrected chi connectivity index (χ2v) is 9.32. The zero-order chi connectivity index (χ0) is 26.3. The average molecular weight is 494 g/mol. The van der Waals surface area contributed by atoms with Crippen LogP contribution in [-0.2, 0) is 10.3 Å². The first-order chi connectivity index (χ1) is 17.7. The Morgan fingerprint density at radius 3 is 2.49 bits per heavy atom. The Labute approximate surface area is 212 Å². The quantitative estimate of drug-likeness (QED) is 0.369. The largest absolute Gasteiger partial charge is 0.463 e. The molecule has 2 N–H and O–H groups in total. The molecular formula is C26H23N9O2. The van der Waals surface area contributed by atoms with Crippen LogP contribution < -0.4 is 5.73 Å². The van der Waals surface area contributed by atoms with Gasteiger partial charge in [0.25, 0.3) is 5.82 Å². The Hall–Kier alpha value is -5.11. The van der Waals surface area contributed by atoms with Crippen LogP contribution in [0.2, 0.25) is 0 Å². The molecule has 0 unspecified atom stereocenters. The predicted molar refractivity (Wildman–Crippen MR) is 137 cm³/mol. The van der Waals surface area contributed by atoms with Crippen molar-refractivity contribution in [2.24, 2.45) is 0 Å². The van der Waals surface area contributed by atoms with Crippen molar-refractivity contribution < 1.29 is 9.53 Å². The number of esters is 1. The van der Waals surface area contributed by atoms with Crippen molar-refractivity contribution in [3.05, 3.63) is 66.5 Å². The smallest absolute Gasteiger partial charge is 0.377 e. The number of aromatic nitrogens is 7. The molecule has 0 aliphatic heterocycles. The van der Waals surface area contributed by atoms with E-state index >= 15 is 0 Å². The standard InChI is InChI=1S/C26H23N9O2/c1-26(2,3)35-21-8-6-16(17-12-29-25(28)30-13-17)10-19(21)32-23(35)18-9-15(11-27)5-7-20(18)34-14-31-22(33-34)24(36)37-4/h5-10,12-14H,1-4H3,(H2,28,29,30). The Balaban J connectivity index is 1.75. The van der Waals surface area contributed by atoms with Gasteiger partial charge in [0.05, 0.1) is 35.5 Å². The van der Waals surface area contributed by atoms with Gasteiger partial charge in [-0.2, -0.15) is 5.26 Å². The third kappa shape index (κ3) is 4.25. The van der Waals surface area contributed by atoms with Crippen LogP contribution in [0.4, 0.5) is 5.95 Å². The third-order valence-electron chi connectivity index (χ3n) is 5.80. The topological polar surface area (TPSA) is 150 Å². The number of nitrogens with zero attached hydrogens (tertiary/aromatic N) is 8. The molecule has 0 saturated carbocycles. The molecule has 2 aromatic carbocycles. The molecule has 0 fully saturated rings. The zero-order valence-corrected chi connectivity index (χ0v) is 20.7. The molecule has 5 rings (SSSR count). The van der Waals surface area contributed by atoms with E-state index in [0.717, 1.165) is 22.2 Å². The van der Waals surface area contributed by atoms with E-state index in [1.165, 1.54) is 18.1 Å². The number of ether oxygens (including phenoxy) is 1. The third-order valence-corrected chi connectivity index (χ3v) is 5.80. The van der Waals surface area contributed by atoms with Crippen LogP contribution in [0.25, 0.3) is 39.2 Å². The van der Waals surface area contributed by atoms with Crippen molar-refractivity contribution in [1.29, 1.82) is 5.26 Å². The minimum Gasteiger partial charge on any atom is -0.463 e. The maximum atomic E-state index is 11.9. The molecule has 184 valence electrons. The van der Waals surface area contributed by atoms with Gasteiger partial charge in [-0.05, 0) is 56.7 Å². The van der Waals surface area contributed by atoms with Crippen LogP contribution in [0.1, 0.15) is 37.0 Å². The molecule has 0 spiro atoms. The van der Waals surface area contributed by atoms with Gasteiger partial charge in [-0.25, -0.2) is 29.4 Å². The van der Waals surface area contributed by atoms with Gasteiger partial charge in [-0.3, -0.25) is 0 Å². The molecule has 0 saturated heterocycles. The second-order valence-electron chi connectivity index (χ2n) is 9.32. The lowest BCUT2D eigenvalue weighted by atomic mass is 10.0. The summed E-state index contributed by atoms with van der Waals surface area (Å²) in [6.07, 6.45) is 4.77. The van der Waals surface area contributed by atoms with E-state index in [1.807, 2.05) is 18.2 Å². The number of benzene rings is 2. The summed E-state index contributed by atoms with van der Waals surface area (Å²) in [5.41, 5.74) is 10.4. The van der Waals surface area contributed by atoms with Gasteiger partial charge in [-0.15, -0.1) is 5.10 Å². The fraction of sp³-hybridized carbons (Fsp3) is 0.192. The molecule has 0 bridgehead atoms. The fourth-order valence-electron chi connectivity index (χ4n) is 4.16. The lowest BCUT2D eigenvalue weighted by Crippen LogP contribution is -2.23. The highest BCUT2D eigenvalue weighted by molar-refractivity contribution is 5.87. The van der Waals surface area contributed by atoms with Gasteiger partial charge in [0.1, 0.15) is 12.2 Å². The van der Waals surface area contributed by atoms with E-state index in [4.69, 9.17) is 15.5 Å². The number of imidazole rings is 1. The molecule has 5 aromatic rings. The van der Waals surface area contributed by atoms with Crippen LogP contribution in [0, 0.1) is 11.3 Å². The number of methoxy groups -OCH3 is 1. The molecular weight excluding hydrogens is 470 g/mol. The van der Waals surface area contributed by atoms with Gasteiger partial charge in [-0.1, -0.05) is 6.07 Å². The number of nitriles is 1. The van der Waals surface area contributed by atoms with E-state index in [-0.39, 0.29) is 17.3 Å². The molecule has 0 amide bonds. The van der Waals surface area contributed by atoms with E-state index < -0.39 is 5.97 Å². The molecule has 37 heavy (non-hydrogen) atoms. The van der Waals surface area contributed by atoms with Crippen LogP contribution in [0.3, 0.4) is 0 Å². The van der Waals surface area contributed by atoms with Crippen molar-refractivity contribution in [3.63, 3.8) is 0 Å². The number of hydrogen-bond acceptors (Lipinski definition) is 9. The number of nitrogens with two attached hydrogens (primary N) is 1. The summed E-state index contributed by atoms with van der Waals surface area (Å²) < 4.78 is 8.34. The summed E-state index contributed by atoms with van der Waals surface area (Å²) in [4.78, 5) is 29.2. The SMILES string of the molecule is COC(=O)c1ncn(-c2ccc(C#N)cc2-c2nc3cc(-c4cnc(N)nc4)ccc3n2C(C)(C)C)n1. The van der Waals surface area contributed by atoms with Crippen molar-refractivity contribution in [2.45, 2.75) is 26.3 Å². The normalized spacial score (nSPS) is 11.4. The van der Waals surface area contributed by atoms with E-state index in [2.05, 4.69) is 51.5 Å². The van der Waals surface area contributed by atoms with Crippen molar-refractivity contribution in [3.8, 4) is 34.3 Å². The highest BCUT2D eigenvalue weighted by atomic mass is 16.5. The van der Waals surface area contributed by atoms with Crippen LogP contribution in [-0.4, -0.2) is 47.4 Å². The first-order valence-electron chi connectivity index (χ1n) is 11.4. The summed E-state index contributed by atoms with van der Waals surface area (Å²) in [5.74, 6) is 0.125. The number of rotatable bonds is 4. The summed E-state index contributed by atoms with van der Waals surface area (Å²) >= 11 is 0. The Bertz CT molecular complexity index is 1690. The molecule has 0 aliphatic rings. The Morgan fingerprint density at radius 1 is 1.05 bits per heavy atom. The molecule has 0 atom stereocenters. The minimum absolute atomic E-state index is 0.0718. The zero-order valence-electron chi connectivity index (χ0n) is 20.7. The second kappa shape index (κ2) is 8.83. The number of nitrogen functional groups attached to an aromatic ring is 1. The summed E-state index contributed by atoms with van der Waals surface area (Å²) in [6.45, 7) is 6.24. The van der Waals surface area contributed by atoms with Crippen molar-refractivity contribution in [1.82, 2.24) is 34.3 Å². The van der Waals surface area contributed by atoms with Crippen LogP contribution >= 0.6 is 0 Å². The van der Waals surface area contributed by atoms with E-state index in [1.54, 1.807) is 30.6 Å². The lowest BCUT2D eigenvalue weighted by molar-refractivity contribution is 0.0587. The van der Waals surface area contributed by atoms with Crippen molar-refractivity contribution in [2.75, 3.05) is 12.8 Å². The van der Waals surface area contributed by atoms with Crippen molar-refractivity contribution >= 4 is 23.0 Å². The van der Waals surface area contributed by atoms with Crippen LogP contribution in [0.5, 0.6) is 0 Å². The van der Waals surface area contributed by atoms with Gasteiger partial charge in [0, 0.05) is 29.1 Å². The molecule has 0 aliphatic carbocycles. The maximum Gasteiger partial charge on any atom is 0.377 e. The highest BCUT2D eigenvalue weighted by Crippen LogP contribution is 2.36. The van der Waals surface area contributed by atoms with Gasteiger partial charge in [0.2, 0.25) is 5.95 Å². The molecule has 11 nitrogen and oxygen atoms in total. The predicted octanol–water partition coefficient (Wildman–Crippen LogP) is 3.74. The number of carbonyl (C=O) groups excluding carboxylic acids is 1. The van der Waals surface area contributed by atoms with Crippen LogP contribution in [0.15, 0.2) is 55.1 Å². The summed E-state index contributed by atoms with van der Waals surface area (Å²) in [7, 11) is 1.27. The summed E-state index contributed by atoms with van der Waals surface area (Å²) in [6, 6.07) is 13.3. The number of hydrogen-bond donors (Lipinski definition) is 1.